The molecule has 2 N–H and O–H groups in total. The number of rotatable bonds is 4. The highest BCUT2D eigenvalue weighted by molar-refractivity contribution is 9.09. The summed E-state index contributed by atoms with van der Waals surface area (Å²) in [5.74, 6) is 0. The molecule has 0 aromatic carbocycles. The molecule has 0 bridgehead atoms. The van der Waals surface area contributed by atoms with Crippen molar-refractivity contribution in [3.05, 3.63) is 21.9 Å². The molecule has 2 atom stereocenters. The Morgan fingerprint density at radius 1 is 1.46 bits per heavy atom. The van der Waals surface area contributed by atoms with E-state index < -0.39 is 12.2 Å². The third-order valence-corrected chi connectivity index (χ3v) is 3.35. The molecule has 1 rings (SSSR count). The van der Waals surface area contributed by atoms with Crippen LogP contribution < -0.4 is 0 Å². The number of aryl methyl sites for hydroxylation is 1. The van der Waals surface area contributed by atoms with Crippen molar-refractivity contribution in [3.63, 3.8) is 0 Å². The van der Waals surface area contributed by atoms with E-state index in [9.17, 15) is 10.2 Å². The van der Waals surface area contributed by atoms with Crippen molar-refractivity contribution in [2.24, 2.45) is 0 Å². The summed E-state index contributed by atoms with van der Waals surface area (Å²) in [6.07, 6.45) is -0.841. The summed E-state index contributed by atoms with van der Waals surface area (Å²) >= 11 is 4.75. The average molecular weight is 265 g/mol. The molecule has 74 valence electrons. The molecule has 1 heterocycles. The molecular formula is C9H13BrO2S. The summed E-state index contributed by atoms with van der Waals surface area (Å²) in [6, 6.07) is 3.81. The van der Waals surface area contributed by atoms with Gasteiger partial charge >= 0.3 is 0 Å². The number of hydrogen-bond acceptors (Lipinski definition) is 3. The van der Waals surface area contributed by atoms with Gasteiger partial charge in [-0.15, -0.1) is 11.3 Å². The number of aliphatic hydroxyl groups excluding tert-OH is 2. The number of alkyl halides is 1. The Morgan fingerprint density at radius 3 is 2.62 bits per heavy atom. The van der Waals surface area contributed by atoms with E-state index in [1.807, 2.05) is 19.1 Å². The predicted octanol–water partition coefficient (Wildman–Crippen LogP) is 2.24. The lowest BCUT2D eigenvalue weighted by Gasteiger charge is -2.14. The minimum absolute atomic E-state index is 0.568. The second kappa shape index (κ2) is 5.10. The molecule has 0 fully saturated rings. The lowest BCUT2D eigenvalue weighted by molar-refractivity contribution is 0.0195. The standard InChI is InChI=1S/C9H13BrO2S/c1-6-2-3-8(13-6)9(12)7(11)4-5-10/h2-3,7,9,11-12H,4-5H2,1H3. The van der Waals surface area contributed by atoms with Crippen LogP contribution in [0.15, 0.2) is 12.1 Å². The van der Waals surface area contributed by atoms with Crippen LogP contribution in [-0.4, -0.2) is 21.6 Å². The van der Waals surface area contributed by atoms with Crippen LogP contribution in [0.4, 0.5) is 0 Å². The molecule has 0 spiro atoms. The van der Waals surface area contributed by atoms with Crippen molar-refractivity contribution in [2.45, 2.75) is 25.6 Å². The molecule has 4 heteroatoms. The van der Waals surface area contributed by atoms with Gasteiger partial charge in [0.05, 0.1) is 6.10 Å². The summed E-state index contributed by atoms with van der Waals surface area (Å²) in [4.78, 5) is 1.99. The van der Waals surface area contributed by atoms with Crippen LogP contribution in [0, 0.1) is 6.92 Å². The number of thiophene rings is 1. The first kappa shape index (κ1) is 11.2. The molecule has 0 saturated carbocycles. The first-order valence-electron chi connectivity index (χ1n) is 4.13. The van der Waals surface area contributed by atoms with E-state index in [0.29, 0.717) is 11.8 Å². The fourth-order valence-electron chi connectivity index (χ4n) is 1.07. The molecule has 1 aromatic heterocycles. The Balaban J connectivity index is 2.61. The molecule has 0 radical (unpaired) electrons. The molecule has 13 heavy (non-hydrogen) atoms. The third kappa shape index (κ3) is 3.06. The molecule has 0 aliphatic carbocycles. The third-order valence-electron chi connectivity index (χ3n) is 1.82. The zero-order valence-electron chi connectivity index (χ0n) is 7.40. The predicted molar refractivity (Wildman–Crippen MR) is 58.4 cm³/mol. The van der Waals surface area contributed by atoms with Gasteiger partial charge in [-0.3, -0.25) is 0 Å². The van der Waals surface area contributed by atoms with Gasteiger partial charge in [-0.25, -0.2) is 0 Å². The van der Waals surface area contributed by atoms with E-state index in [-0.39, 0.29) is 0 Å². The zero-order valence-corrected chi connectivity index (χ0v) is 9.81. The van der Waals surface area contributed by atoms with Gasteiger partial charge < -0.3 is 10.2 Å². The molecule has 0 aliphatic heterocycles. The molecule has 0 aliphatic rings. The normalized spacial score (nSPS) is 15.7. The second-order valence-electron chi connectivity index (χ2n) is 2.94. The highest BCUT2D eigenvalue weighted by Gasteiger charge is 2.18. The maximum atomic E-state index is 9.67. The maximum Gasteiger partial charge on any atom is 0.114 e. The minimum Gasteiger partial charge on any atom is -0.390 e. The van der Waals surface area contributed by atoms with Gasteiger partial charge in [0.2, 0.25) is 0 Å². The van der Waals surface area contributed by atoms with E-state index >= 15 is 0 Å². The lowest BCUT2D eigenvalue weighted by atomic mass is 10.1. The van der Waals surface area contributed by atoms with Crippen molar-refractivity contribution in [2.75, 3.05) is 5.33 Å². The van der Waals surface area contributed by atoms with Crippen molar-refractivity contribution in [1.82, 2.24) is 0 Å². The summed E-state index contributed by atoms with van der Waals surface area (Å²) in [5.41, 5.74) is 0. The fraction of sp³-hybridized carbons (Fsp3) is 0.556. The Bertz CT molecular complexity index is 262. The molecular weight excluding hydrogens is 252 g/mol. The van der Waals surface area contributed by atoms with Crippen molar-refractivity contribution in [1.29, 1.82) is 0 Å². The van der Waals surface area contributed by atoms with Crippen LogP contribution in [0.1, 0.15) is 22.3 Å². The van der Waals surface area contributed by atoms with Crippen LogP contribution in [0.5, 0.6) is 0 Å². The van der Waals surface area contributed by atoms with E-state index in [4.69, 9.17) is 0 Å². The molecule has 1 aromatic rings. The highest BCUT2D eigenvalue weighted by atomic mass is 79.9. The second-order valence-corrected chi connectivity index (χ2v) is 5.05. The average Bonchev–Trinajstić information content (AvgIpc) is 2.51. The van der Waals surface area contributed by atoms with Gasteiger partial charge in [-0.05, 0) is 25.5 Å². The monoisotopic (exact) mass is 264 g/mol. The maximum absolute atomic E-state index is 9.67. The zero-order chi connectivity index (χ0) is 9.84. The van der Waals surface area contributed by atoms with Gasteiger partial charge in [-0.1, -0.05) is 15.9 Å². The van der Waals surface area contributed by atoms with Gasteiger partial charge in [0.15, 0.2) is 0 Å². The van der Waals surface area contributed by atoms with E-state index in [1.165, 1.54) is 11.3 Å². The lowest BCUT2D eigenvalue weighted by Crippen LogP contribution is -2.17. The largest absolute Gasteiger partial charge is 0.390 e. The molecule has 0 amide bonds. The molecule has 2 nitrogen and oxygen atoms in total. The quantitative estimate of drug-likeness (QED) is 0.820. The van der Waals surface area contributed by atoms with E-state index in [1.54, 1.807) is 0 Å². The Labute approximate surface area is 90.4 Å². The summed E-state index contributed by atoms with van der Waals surface area (Å²) in [6.45, 7) is 1.98. The van der Waals surface area contributed by atoms with E-state index in [2.05, 4.69) is 15.9 Å². The van der Waals surface area contributed by atoms with Gasteiger partial charge in [0, 0.05) is 15.1 Å². The Hall–Kier alpha value is 0.1000. The summed E-state index contributed by atoms with van der Waals surface area (Å²) in [5, 5.41) is 19.9. The smallest absolute Gasteiger partial charge is 0.114 e. The number of hydrogen-bond donors (Lipinski definition) is 2. The van der Waals surface area contributed by atoms with Crippen LogP contribution >= 0.6 is 27.3 Å². The number of halogens is 1. The summed E-state index contributed by atoms with van der Waals surface area (Å²) < 4.78 is 0. The van der Waals surface area contributed by atoms with Crippen molar-refractivity contribution < 1.29 is 10.2 Å². The first-order valence-corrected chi connectivity index (χ1v) is 6.07. The highest BCUT2D eigenvalue weighted by Crippen LogP contribution is 2.26. The number of aliphatic hydroxyl groups is 2. The SMILES string of the molecule is Cc1ccc(C(O)C(O)CCBr)s1. The van der Waals surface area contributed by atoms with Crippen LogP contribution in [0.2, 0.25) is 0 Å². The molecule has 2 unspecified atom stereocenters. The topological polar surface area (TPSA) is 40.5 Å². The first-order chi connectivity index (χ1) is 6.15. The fourth-order valence-corrected chi connectivity index (χ4v) is 2.46. The Morgan fingerprint density at radius 2 is 2.15 bits per heavy atom. The van der Waals surface area contributed by atoms with Crippen LogP contribution in [0.3, 0.4) is 0 Å². The van der Waals surface area contributed by atoms with Gasteiger partial charge in [-0.2, -0.15) is 0 Å². The minimum atomic E-state index is -0.740. The summed E-state index contributed by atoms with van der Waals surface area (Å²) in [7, 11) is 0. The Kier molecular flexibility index (Phi) is 4.38. The van der Waals surface area contributed by atoms with E-state index in [0.717, 1.165) is 9.75 Å². The van der Waals surface area contributed by atoms with Crippen LogP contribution in [0.25, 0.3) is 0 Å². The van der Waals surface area contributed by atoms with Crippen molar-refractivity contribution >= 4 is 27.3 Å². The molecule has 0 saturated heterocycles. The van der Waals surface area contributed by atoms with Gasteiger partial charge in [0.1, 0.15) is 6.10 Å². The van der Waals surface area contributed by atoms with Crippen molar-refractivity contribution in [3.8, 4) is 0 Å². The van der Waals surface area contributed by atoms with Gasteiger partial charge in [0.25, 0.3) is 0 Å². The van der Waals surface area contributed by atoms with Crippen LogP contribution in [-0.2, 0) is 0 Å².